The van der Waals surface area contributed by atoms with Crippen molar-refractivity contribution in [2.24, 2.45) is 4.99 Å². The molecule has 0 aliphatic carbocycles. The van der Waals surface area contributed by atoms with Crippen molar-refractivity contribution in [3.05, 3.63) is 54.6 Å². The molecule has 0 aliphatic heterocycles. The van der Waals surface area contributed by atoms with Gasteiger partial charge in [-0.15, -0.1) is 34.2 Å². The predicted molar refractivity (Wildman–Crippen MR) is 110 cm³/mol. The van der Waals surface area contributed by atoms with Gasteiger partial charge >= 0.3 is 0 Å². The Morgan fingerprint density at radius 2 is 2.08 bits per heavy atom. The Balaban J connectivity index is 0.00000312. The fraction of sp³-hybridized carbons (Fsp3) is 0.353. The van der Waals surface area contributed by atoms with E-state index < -0.39 is 0 Å². The first-order valence-corrected chi connectivity index (χ1v) is 7.91. The van der Waals surface area contributed by atoms with Crippen LogP contribution in [0.4, 0.5) is 0 Å². The summed E-state index contributed by atoms with van der Waals surface area (Å²) >= 11 is 0. The molecule has 0 aliphatic rings. The molecule has 0 fully saturated rings. The first kappa shape index (κ1) is 20.9. The number of nitrogens with one attached hydrogen (secondary N) is 2. The Bertz CT molecular complexity index is 685. The largest absolute Gasteiger partial charge is 0.489 e. The fourth-order valence-electron chi connectivity index (χ4n) is 2.18. The molecule has 1 aromatic heterocycles. The molecule has 1 aromatic carbocycles. The molecule has 2 rings (SSSR count). The molecule has 0 bridgehead atoms. The van der Waals surface area contributed by atoms with Crippen molar-refractivity contribution in [1.29, 1.82) is 0 Å². The van der Waals surface area contributed by atoms with Gasteiger partial charge in [-0.3, -0.25) is 4.99 Å². The summed E-state index contributed by atoms with van der Waals surface area (Å²) in [5.41, 5.74) is 1.05. The number of nitrogens with zero attached hydrogens (tertiary/aromatic N) is 4. The van der Waals surface area contributed by atoms with Gasteiger partial charge in [-0.25, -0.2) is 0 Å². The van der Waals surface area contributed by atoms with E-state index >= 15 is 0 Å². The van der Waals surface area contributed by atoms with E-state index in [1.165, 1.54) is 0 Å². The van der Waals surface area contributed by atoms with Crippen molar-refractivity contribution < 1.29 is 4.74 Å². The summed E-state index contributed by atoms with van der Waals surface area (Å²) in [5, 5.41) is 14.5. The Morgan fingerprint density at radius 1 is 1.32 bits per heavy atom. The van der Waals surface area contributed by atoms with Crippen molar-refractivity contribution in [2.75, 3.05) is 13.7 Å². The van der Waals surface area contributed by atoms with Gasteiger partial charge in [0.15, 0.2) is 11.8 Å². The standard InChI is InChI=1S/C17H24N6O.HI/c1-4-10-24-15-9-7-6-8-14(15)11-19-17(18-3)20-12-16-22-21-13-23(16)5-2;/h4,6-9,13H,1,5,10-12H2,2-3H3,(H2,18,19,20);1H. The monoisotopic (exact) mass is 456 g/mol. The summed E-state index contributed by atoms with van der Waals surface area (Å²) in [6.45, 7) is 8.21. The summed E-state index contributed by atoms with van der Waals surface area (Å²) in [6.07, 6.45) is 3.45. The van der Waals surface area contributed by atoms with Crippen LogP contribution in [0, 0.1) is 0 Å². The summed E-state index contributed by atoms with van der Waals surface area (Å²) in [6, 6.07) is 7.90. The van der Waals surface area contributed by atoms with Gasteiger partial charge < -0.3 is 19.9 Å². The summed E-state index contributed by atoms with van der Waals surface area (Å²) in [7, 11) is 1.74. The molecule has 0 saturated heterocycles. The van der Waals surface area contributed by atoms with Crippen molar-refractivity contribution in [3.8, 4) is 5.75 Å². The first-order valence-electron chi connectivity index (χ1n) is 7.91. The van der Waals surface area contributed by atoms with Gasteiger partial charge in [-0.1, -0.05) is 30.9 Å². The fourth-order valence-corrected chi connectivity index (χ4v) is 2.18. The summed E-state index contributed by atoms with van der Waals surface area (Å²) < 4.78 is 7.65. The summed E-state index contributed by atoms with van der Waals surface area (Å²) in [4.78, 5) is 4.23. The number of halogens is 1. The lowest BCUT2D eigenvalue weighted by Crippen LogP contribution is -2.37. The second-order valence-electron chi connectivity index (χ2n) is 5.02. The lowest BCUT2D eigenvalue weighted by atomic mass is 10.2. The van der Waals surface area contributed by atoms with Crippen LogP contribution >= 0.6 is 24.0 Å². The maximum absolute atomic E-state index is 5.66. The molecule has 0 atom stereocenters. The van der Waals surface area contributed by atoms with E-state index in [0.29, 0.717) is 25.7 Å². The molecule has 2 aromatic rings. The molecule has 25 heavy (non-hydrogen) atoms. The Labute approximate surface area is 165 Å². The SMILES string of the molecule is C=CCOc1ccccc1CNC(=NC)NCc1nncn1CC.I. The third-order valence-corrected chi connectivity index (χ3v) is 3.45. The number of rotatable bonds is 8. The van der Waals surface area contributed by atoms with Crippen molar-refractivity contribution in [1.82, 2.24) is 25.4 Å². The topological polar surface area (TPSA) is 76.4 Å². The van der Waals surface area contributed by atoms with Gasteiger partial charge in [-0.2, -0.15) is 0 Å². The lowest BCUT2D eigenvalue weighted by Gasteiger charge is -2.14. The van der Waals surface area contributed by atoms with E-state index in [0.717, 1.165) is 23.7 Å². The predicted octanol–water partition coefficient (Wildman–Crippen LogP) is 2.35. The molecule has 2 N–H and O–H groups in total. The van der Waals surface area contributed by atoms with Crippen LogP contribution in [-0.4, -0.2) is 34.4 Å². The number of aryl methyl sites for hydroxylation is 1. The number of guanidine groups is 1. The maximum atomic E-state index is 5.66. The Hall–Kier alpha value is -2.10. The van der Waals surface area contributed by atoms with Gasteiger partial charge in [0.1, 0.15) is 18.7 Å². The average Bonchev–Trinajstić information content (AvgIpc) is 3.08. The molecule has 8 heteroatoms. The van der Waals surface area contributed by atoms with E-state index in [4.69, 9.17) is 4.74 Å². The number of aliphatic imine (C=N–C) groups is 1. The highest BCUT2D eigenvalue weighted by Crippen LogP contribution is 2.17. The smallest absolute Gasteiger partial charge is 0.191 e. The highest BCUT2D eigenvalue weighted by atomic mass is 127. The Kier molecular flexibility index (Phi) is 9.60. The van der Waals surface area contributed by atoms with Gasteiger partial charge in [-0.05, 0) is 13.0 Å². The highest BCUT2D eigenvalue weighted by molar-refractivity contribution is 14.0. The number of hydrogen-bond donors (Lipinski definition) is 2. The van der Waals surface area contributed by atoms with Crippen LogP contribution in [0.15, 0.2) is 48.2 Å². The van der Waals surface area contributed by atoms with Crippen LogP contribution in [0.1, 0.15) is 18.3 Å². The zero-order chi connectivity index (χ0) is 17.2. The van der Waals surface area contributed by atoms with Crippen molar-refractivity contribution in [3.63, 3.8) is 0 Å². The van der Waals surface area contributed by atoms with Crippen LogP contribution < -0.4 is 15.4 Å². The highest BCUT2D eigenvalue weighted by Gasteiger charge is 2.06. The molecule has 0 saturated carbocycles. The number of hydrogen-bond acceptors (Lipinski definition) is 4. The van der Waals surface area contributed by atoms with Crippen LogP contribution in [0.3, 0.4) is 0 Å². The van der Waals surface area contributed by atoms with Crippen LogP contribution in [0.25, 0.3) is 0 Å². The molecule has 136 valence electrons. The zero-order valence-electron chi connectivity index (χ0n) is 14.6. The van der Waals surface area contributed by atoms with Gasteiger partial charge in [0.2, 0.25) is 0 Å². The van der Waals surface area contributed by atoms with E-state index in [-0.39, 0.29) is 24.0 Å². The second-order valence-corrected chi connectivity index (χ2v) is 5.02. The Morgan fingerprint density at radius 3 is 2.80 bits per heavy atom. The number of aromatic nitrogens is 3. The summed E-state index contributed by atoms with van der Waals surface area (Å²) in [5.74, 6) is 2.40. The average molecular weight is 456 g/mol. The molecule has 1 heterocycles. The zero-order valence-corrected chi connectivity index (χ0v) is 16.9. The van der Waals surface area contributed by atoms with Gasteiger partial charge in [0, 0.05) is 25.7 Å². The first-order chi connectivity index (χ1) is 11.8. The van der Waals surface area contributed by atoms with Gasteiger partial charge in [0.05, 0.1) is 6.54 Å². The molecular weight excluding hydrogens is 431 g/mol. The van der Waals surface area contributed by atoms with Crippen LogP contribution in [-0.2, 0) is 19.6 Å². The molecule has 0 unspecified atom stereocenters. The van der Waals surface area contributed by atoms with E-state index in [2.05, 4.69) is 39.3 Å². The molecule has 0 amide bonds. The number of ether oxygens (including phenoxy) is 1. The minimum absolute atomic E-state index is 0. The van der Waals surface area contributed by atoms with Gasteiger partial charge in [0.25, 0.3) is 0 Å². The quantitative estimate of drug-likeness (QED) is 0.276. The minimum Gasteiger partial charge on any atom is -0.489 e. The third-order valence-electron chi connectivity index (χ3n) is 3.45. The third kappa shape index (κ3) is 6.37. The molecule has 0 spiro atoms. The van der Waals surface area contributed by atoms with E-state index in [9.17, 15) is 0 Å². The molecule has 7 nitrogen and oxygen atoms in total. The van der Waals surface area contributed by atoms with Crippen molar-refractivity contribution in [2.45, 2.75) is 26.6 Å². The van der Waals surface area contributed by atoms with Crippen LogP contribution in [0.5, 0.6) is 5.75 Å². The molecular formula is C17H25IN6O. The van der Waals surface area contributed by atoms with E-state index in [1.54, 1.807) is 19.5 Å². The van der Waals surface area contributed by atoms with Crippen LogP contribution in [0.2, 0.25) is 0 Å². The van der Waals surface area contributed by atoms with Crippen molar-refractivity contribution >= 4 is 29.9 Å². The van der Waals surface area contributed by atoms with E-state index in [1.807, 2.05) is 28.8 Å². The second kappa shape index (κ2) is 11.5. The minimum atomic E-state index is 0. The molecule has 0 radical (unpaired) electrons. The lowest BCUT2D eigenvalue weighted by molar-refractivity contribution is 0.358. The number of para-hydroxylation sites is 1. The normalized spacial score (nSPS) is 10.7. The number of benzene rings is 1. The maximum Gasteiger partial charge on any atom is 0.191 e.